The van der Waals surface area contributed by atoms with Gasteiger partial charge >= 0.3 is 0 Å². The molecule has 3 aromatic carbocycles. The Morgan fingerprint density at radius 2 is 1.87 bits per heavy atom. The molecule has 0 aliphatic carbocycles. The molecule has 2 aliphatic heterocycles. The number of fused-ring (bicyclic) bond motifs is 1. The van der Waals surface area contributed by atoms with E-state index in [1.54, 1.807) is 6.07 Å². The van der Waals surface area contributed by atoms with Gasteiger partial charge in [-0.05, 0) is 29.8 Å². The van der Waals surface area contributed by atoms with E-state index in [0.29, 0.717) is 24.5 Å². The van der Waals surface area contributed by atoms with E-state index in [1.165, 1.54) is 0 Å². The molecule has 2 aliphatic rings. The van der Waals surface area contributed by atoms with Gasteiger partial charge in [0.25, 0.3) is 0 Å². The van der Waals surface area contributed by atoms with Crippen molar-refractivity contribution in [3.8, 4) is 11.5 Å². The number of carbonyl (C=O) groups excluding carboxylic acids is 1. The number of hydrogen-bond donors (Lipinski definition) is 0. The quantitative estimate of drug-likeness (QED) is 0.368. The summed E-state index contributed by atoms with van der Waals surface area (Å²) >= 11 is 3.52. The van der Waals surface area contributed by atoms with E-state index in [9.17, 15) is 4.79 Å². The summed E-state index contributed by atoms with van der Waals surface area (Å²) in [6.45, 7) is 1.07. The van der Waals surface area contributed by atoms with E-state index in [0.717, 1.165) is 26.9 Å². The summed E-state index contributed by atoms with van der Waals surface area (Å²) in [5.41, 5.74) is 3.37. The number of hydrogen-bond acceptors (Lipinski definition) is 5. The lowest BCUT2D eigenvalue weighted by atomic mass is 9.99. The van der Waals surface area contributed by atoms with Gasteiger partial charge in [-0.1, -0.05) is 58.4 Å². The molecule has 1 saturated heterocycles. The molecule has 5 rings (SSSR count). The first-order valence-corrected chi connectivity index (χ1v) is 10.5. The second-order valence-electron chi connectivity index (χ2n) is 7.21. The van der Waals surface area contributed by atoms with E-state index < -0.39 is 6.10 Å². The lowest BCUT2D eigenvalue weighted by molar-refractivity contribution is -0.0173. The lowest BCUT2D eigenvalue weighted by Crippen LogP contribution is -2.14. The summed E-state index contributed by atoms with van der Waals surface area (Å²) in [5.74, 6) is 1.21. The normalized spacial score (nSPS) is 19.5. The fourth-order valence-electron chi connectivity index (χ4n) is 3.65. The minimum atomic E-state index is -0.559. The minimum absolute atomic E-state index is 0.0931. The molecule has 2 unspecified atom stereocenters. The van der Waals surface area contributed by atoms with Gasteiger partial charge in [0.1, 0.15) is 24.2 Å². The average molecular weight is 467 g/mol. The van der Waals surface area contributed by atoms with Gasteiger partial charge in [-0.2, -0.15) is 0 Å². The number of para-hydroxylation sites is 1. The molecule has 1 fully saturated rings. The maximum absolute atomic E-state index is 13.2. The maximum atomic E-state index is 13.2. The Balaban J connectivity index is 1.35. The number of Topliss-reactive ketones (excluding diaryl/α,β-unsaturated/α-hetero) is 1. The molecule has 0 saturated carbocycles. The molecular weight excluding hydrogens is 448 g/mol. The number of ether oxygens (including phenoxy) is 4. The van der Waals surface area contributed by atoms with Crippen LogP contribution in [-0.4, -0.2) is 18.7 Å². The van der Waals surface area contributed by atoms with Crippen LogP contribution in [0.2, 0.25) is 0 Å². The highest BCUT2D eigenvalue weighted by atomic mass is 79.9. The number of halogens is 1. The number of benzene rings is 3. The van der Waals surface area contributed by atoms with Crippen molar-refractivity contribution in [3.63, 3.8) is 0 Å². The van der Waals surface area contributed by atoms with Crippen LogP contribution < -0.4 is 9.47 Å². The van der Waals surface area contributed by atoms with Gasteiger partial charge < -0.3 is 18.9 Å². The van der Waals surface area contributed by atoms with E-state index >= 15 is 0 Å². The Morgan fingerprint density at radius 3 is 2.73 bits per heavy atom. The Morgan fingerprint density at radius 1 is 1.07 bits per heavy atom. The molecule has 152 valence electrons. The Kier molecular flexibility index (Phi) is 5.29. The van der Waals surface area contributed by atoms with E-state index in [-0.39, 0.29) is 18.7 Å². The number of epoxide rings is 1. The molecule has 0 aromatic heterocycles. The van der Waals surface area contributed by atoms with Crippen molar-refractivity contribution in [1.29, 1.82) is 0 Å². The van der Waals surface area contributed by atoms with E-state index in [2.05, 4.69) is 15.9 Å². The zero-order valence-corrected chi connectivity index (χ0v) is 17.6. The Bertz CT molecular complexity index is 1080. The molecule has 2 atom stereocenters. The first-order chi connectivity index (χ1) is 14.7. The van der Waals surface area contributed by atoms with Crippen molar-refractivity contribution in [3.05, 3.63) is 93.5 Å². The predicted molar refractivity (Wildman–Crippen MR) is 114 cm³/mol. The molecule has 0 amide bonds. The third-order valence-electron chi connectivity index (χ3n) is 5.15. The van der Waals surface area contributed by atoms with Crippen LogP contribution in [-0.2, 0) is 22.7 Å². The summed E-state index contributed by atoms with van der Waals surface area (Å²) in [6, 6.07) is 21.1. The van der Waals surface area contributed by atoms with Crippen molar-refractivity contribution in [2.75, 3.05) is 6.79 Å². The van der Waals surface area contributed by atoms with Crippen LogP contribution >= 0.6 is 15.9 Å². The zero-order chi connectivity index (χ0) is 20.5. The van der Waals surface area contributed by atoms with Crippen molar-refractivity contribution < 1.29 is 23.7 Å². The third-order valence-corrected chi connectivity index (χ3v) is 5.61. The maximum Gasteiger partial charge on any atom is 0.198 e. The van der Waals surface area contributed by atoms with Crippen LogP contribution in [0.1, 0.15) is 33.2 Å². The largest absolute Gasteiger partial charge is 0.488 e. The van der Waals surface area contributed by atoms with Crippen LogP contribution in [0.3, 0.4) is 0 Å². The molecule has 0 bridgehead atoms. The Hall–Kier alpha value is -2.67. The van der Waals surface area contributed by atoms with Crippen LogP contribution in [0.15, 0.2) is 71.2 Å². The summed E-state index contributed by atoms with van der Waals surface area (Å²) in [4.78, 5) is 13.2. The monoisotopic (exact) mass is 466 g/mol. The summed E-state index contributed by atoms with van der Waals surface area (Å²) < 4.78 is 23.7. The topological polar surface area (TPSA) is 57.3 Å². The van der Waals surface area contributed by atoms with Gasteiger partial charge in [0.05, 0.1) is 12.2 Å². The summed E-state index contributed by atoms with van der Waals surface area (Å²) in [5, 5.41) is 0. The molecule has 0 spiro atoms. The Labute approximate surface area is 182 Å². The lowest BCUT2D eigenvalue weighted by Gasteiger charge is -2.20. The SMILES string of the molecule is O=C(c1ccccc1OCc1ccccc1)C1OC1c1cc(Br)cc2c1OCOC2. The van der Waals surface area contributed by atoms with Gasteiger partial charge in [0.15, 0.2) is 18.7 Å². The van der Waals surface area contributed by atoms with Crippen molar-refractivity contribution in [2.45, 2.75) is 25.4 Å². The second-order valence-corrected chi connectivity index (χ2v) is 8.12. The van der Waals surface area contributed by atoms with E-state index in [1.807, 2.05) is 60.7 Å². The molecule has 0 N–H and O–H groups in total. The minimum Gasteiger partial charge on any atom is -0.488 e. The summed E-state index contributed by atoms with van der Waals surface area (Å²) in [6.07, 6.45) is -0.902. The number of rotatable bonds is 6. The highest BCUT2D eigenvalue weighted by Crippen LogP contribution is 2.48. The second kappa shape index (κ2) is 8.22. The number of carbonyl (C=O) groups is 1. The molecular formula is C24H19BrO5. The molecule has 0 radical (unpaired) electrons. The van der Waals surface area contributed by atoms with Crippen LogP contribution in [0.4, 0.5) is 0 Å². The van der Waals surface area contributed by atoms with E-state index in [4.69, 9.17) is 18.9 Å². The predicted octanol–water partition coefficient (Wildman–Crippen LogP) is 5.22. The van der Waals surface area contributed by atoms with Gasteiger partial charge in [0, 0.05) is 15.6 Å². The molecule has 30 heavy (non-hydrogen) atoms. The third kappa shape index (κ3) is 3.86. The zero-order valence-electron chi connectivity index (χ0n) is 16.0. The standard InChI is InChI=1S/C24H19BrO5/c25-17-10-16-13-27-14-29-22(16)19(11-17)23-24(30-23)21(26)18-8-4-5-9-20(18)28-12-15-6-2-1-3-7-15/h1-11,23-24H,12-14H2. The van der Waals surface area contributed by atoms with Gasteiger partial charge in [0.2, 0.25) is 0 Å². The van der Waals surface area contributed by atoms with Crippen molar-refractivity contribution in [2.24, 2.45) is 0 Å². The molecule has 5 nitrogen and oxygen atoms in total. The molecule has 6 heteroatoms. The first kappa shape index (κ1) is 19.3. The van der Waals surface area contributed by atoms with Crippen LogP contribution in [0.5, 0.6) is 11.5 Å². The fourth-order valence-corrected chi connectivity index (χ4v) is 4.18. The molecule has 3 aromatic rings. The smallest absolute Gasteiger partial charge is 0.198 e. The molecule has 2 heterocycles. The van der Waals surface area contributed by atoms with Gasteiger partial charge in [-0.3, -0.25) is 4.79 Å². The highest BCUT2D eigenvalue weighted by molar-refractivity contribution is 9.10. The first-order valence-electron chi connectivity index (χ1n) is 9.69. The van der Waals surface area contributed by atoms with Crippen LogP contribution in [0.25, 0.3) is 0 Å². The van der Waals surface area contributed by atoms with Gasteiger partial charge in [-0.15, -0.1) is 0 Å². The fraction of sp³-hybridized carbons (Fsp3) is 0.208. The average Bonchev–Trinajstić information content (AvgIpc) is 3.58. The number of ketones is 1. The van der Waals surface area contributed by atoms with Crippen molar-refractivity contribution in [1.82, 2.24) is 0 Å². The van der Waals surface area contributed by atoms with Crippen LogP contribution in [0, 0.1) is 0 Å². The van der Waals surface area contributed by atoms with Crippen molar-refractivity contribution >= 4 is 21.7 Å². The van der Waals surface area contributed by atoms with Gasteiger partial charge in [-0.25, -0.2) is 0 Å². The summed E-state index contributed by atoms with van der Waals surface area (Å²) in [7, 11) is 0. The highest BCUT2D eigenvalue weighted by Gasteiger charge is 2.49.